The summed E-state index contributed by atoms with van der Waals surface area (Å²) in [5.74, 6) is -1.81. The summed E-state index contributed by atoms with van der Waals surface area (Å²) in [4.78, 5) is 34.0. The lowest BCUT2D eigenvalue weighted by molar-refractivity contribution is -0.385. The highest BCUT2D eigenvalue weighted by atomic mass is 35.5. The van der Waals surface area contributed by atoms with Gasteiger partial charge in [-0.2, -0.15) is 0 Å². The molecule has 0 radical (unpaired) electrons. The lowest BCUT2D eigenvalue weighted by Gasteiger charge is -2.09. The standard InChI is InChI=1S/C17H13ClN2O5/c1-10(8-11-4-2-3-5-15(11)20(24)25)16(21)19-14-9-12(18)6-7-13(14)17(22)23/h2-9H,1H3,(H,19,21)(H,22,23)/b10-8+. The van der Waals surface area contributed by atoms with E-state index in [0.29, 0.717) is 0 Å². The maximum Gasteiger partial charge on any atom is 0.337 e. The van der Waals surface area contributed by atoms with E-state index in [0.717, 1.165) is 0 Å². The van der Waals surface area contributed by atoms with E-state index >= 15 is 0 Å². The van der Waals surface area contributed by atoms with E-state index in [1.807, 2.05) is 0 Å². The number of nitrogens with one attached hydrogen (secondary N) is 1. The van der Waals surface area contributed by atoms with Crippen molar-refractivity contribution in [1.82, 2.24) is 0 Å². The van der Waals surface area contributed by atoms with Crippen LogP contribution in [-0.2, 0) is 4.79 Å². The van der Waals surface area contributed by atoms with Gasteiger partial charge in [0.05, 0.1) is 21.7 Å². The maximum absolute atomic E-state index is 12.3. The average molecular weight is 361 g/mol. The minimum Gasteiger partial charge on any atom is -0.478 e. The number of para-hydroxylation sites is 1. The van der Waals surface area contributed by atoms with E-state index in [1.165, 1.54) is 49.4 Å². The number of benzene rings is 2. The number of carboxylic acids is 1. The highest BCUT2D eigenvalue weighted by Gasteiger charge is 2.16. The Morgan fingerprint density at radius 1 is 1.24 bits per heavy atom. The summed E-state index contributed by atoms with van der Waals surface area (Å²) in [6, 6.07) is 9.98. The van der Waals surface area contributed by atoms with Gasteiger partial charge in [-0.15, -0.1) is 0 Å². The van der Waals surface area contributed by atoms with Crippen LogP contribution in [0.2, 0.25) is 5.02 Å². The number of nitro benzene ring substituents is 1. The number of amides is 1. The quantitative estimate of drug-likeness (QED) is 0.476. The third-order valence-corrected chi connectivity index (χ3v) is 3.56. The molecule has 2 aromatic rings. The van der Waals surface area contributed by atoms with Crippen LogP contribution in [0, 0.1) is 10.1 Å². The largest absolute Gasteiger partial charge is 0.478 e. The number of hydrogen-bond acceptors (Lipinski definition) is 4. The number of nitro groups is 1. The number of rotatable bonds is 5. The van der Waals surface area contributed by atoms with Crippen LogP contribution in [0.15, 0.2) is 48.0 Å². The first-order valence-corrected chi connectivity index (χ1v) is 7.43. The van der Waals surface area contributed by atoms with Gasteiger partial charge in [-0.25, -0.2) is 4.79 Å². The van der Waals surface area contributed by atoms with Crippen LogP contribution in [0.3, 0.4) is 0 Å². The van der Waals surface area contributed by atoms with Gasteiger partial charge in [0.1, 0.15) is 0 Å². The zero-order chi connectivity index (χ0) is 18.6. The highest BCUT2D eigenvalue weighted by molar-refractivity contribution is 6.31. The number of anilines is 1. The monoisotopic (exact) mass is 360 g/mol. The van der Waals surface area contributed by atoms with E-state index in [-0.39, 0.29) is 33.1 Å². The van der Waals surface area contributed by atoms with Gasteiger partial charge in [-0.05, 0) is 37.3 Å². The minimum atomic E-state index is -1.22. The van der Waals surface area contributed by atoms with Crippen molar-refractivity contribution < 1.29 is 19.6 Å². The molecule has 2 rings (SSSR count). The zero-order valence-corrected chi connectivity index (χ0v) is 13.8. The van der Waals surface area contributed by atoms with Crippen molar-refractivity contribution in [3.8, 4) is 0 Å². The van der Waals surface area contributed by atoms with Crippen molar-refractivity contribution >= 4 is 40.9 Å². The Morgan fingerprint density at radius 3 is 2.56 bits per heavy atom. The molecule has 0 aliphatic heterocycles. The molecule has 0 spiro atoms. The first-order chi connectivity index (χ1) is 11.8. The third kappa shape index (κ3) is 4.42. The van der Waals surface area contributed by atoms with E-state index in [2.05, 4.69) is 5.32 Å². The number of carbonyl (C=O) groups is 2. The molecule has 25 heavy (non-hydrogen) atoms. The molecule has 1 amide bonds. The van der Waals surface area contributed by atoms with E-state index in [9.17, 15) is 19.7 Å². The van der Waals surface area contributed by atoms with Gasteiger partial charge in [0, 0.05) is 16.7 Å². The zero-order valence-electron chi connectivity index (χ0n) is 13.0. The van der Waals surface area contributed by atoms with Gasteiger partial charge in [0.15, 0.2) is 0 Å². The van der Waals surface area contributed by atoms with Crippen molar-refractivity contribution in [2.75, 3.05) is 5.32 Å². The van der Waals surface area contributed by atoms with Crippen LogP contribution < -0.4 is 5.32 Å². The molecule has 0 saturated heterocycles. The number of halogens is 1. The van der Waals surface area contributed by atoms with Crippen LogP contribution in [0.4, 0.5) is 11.4 Å². The van der Waals surface area contributed by atoms with Crippen LogP contribution in [0.25, 0.3) is 6.08 Å². The Hall–Kier alpha value is -3.19. The van der Waals surface area contributed by atoms with E-state index < -0.39 is 16.8 Å². The maximum atomic E-state index is 12.3. The second kappa shape index (κ2) is 7.59. The van der Waals surface area contributed by atoms with Gasteiger partial charge >= 0.3 is 5.97 Å². The summed E-state index contributed by atoms with van der Waals surface area (Å²) < 4.78 is 0. The molecule has 2 N–H and O–H groups in total. The van der Waals surface area contributed by atoms with Crippen LogP contribution in [0.5, 0.6) is 0 Å². The summed E-state index contributed by atoms with van der Waals surface area (Å²) in [5, 5.41) is 22.9. The Labute approximate surface area is 147 Å². The molecule has 0 aromatic heterocycles. The van der Waals surface area contributed by atoms with E-state index in [1.54, 1.807) is 6.07 Å². The molecule has 2 aromatic carbocycles. The van der Waals surface area contributed by atoms with Gasteiger partial charge in [0.2, 0.25) is 0 Å². The Bertz CT molecular complexity index is 892. The van der Waals surface area contributed by atoms with Crippen molar-refractivity contribution in [3.05, 3.63) is 74.3 Å². The molecule has 0 bridgehead atoms. The second-order valence-corrected chi connectivity index (χ2v) is 5.53. The smallest absolute Gasteiger partial charge is 0.337 e. The number of nitrogens with zero attached hydrogens (tertiary/aromatic N) is 1. The molecule has 128 valence electrons. The summed E-state index contributed by atoms with van der Waals surface area (Å²) in [5.41, 5.74) is 0.232. The van der Waals surface area contributed by atoms with Gasteiger partial charge in [-0.3, -0.25) is 14.9 Å². The molecule has 0 aliphatic rings. The third-order valence-electron chi connectivity index (χ3n) is 3.32. The minimum absolute atomic E-state index is 0.0420. The normalized spacial score (nSPS) is 11.0. The van der Waals surface area contributed by atoms with Crippen LogP contribution >= 0.6 is 11.6 Å². The first kappa shape index (κ1) is 18.2. The Morgan fingerprint density at radius 2 is 1.92 bits per heavy atom. The molecular formula is C17H13ClN2O5. The van der Waals surface area contributed by atoms with Crippen LogP contribution in [0.1, 0.15) is 22.8 Å². The lowest BCUT2D eigenvalue weighted by Crippen LogP contribution is -2.15. The predicted octanol–water partition coefficient (Wildman–Crippen LogP) is 3.99. The fourth-order valence-corrected chi connectivity index (χ4v) is 2.27. The van der Waals surface area contributed by atoms with Crippen molar-refractivity contribution in [3.63, 3.8) is 0 Å². The molecule has 0 saturated carbocycles. The molecule has 7 nitrogen and oxygen atoms in total. The van der Waals surface area contributed by atoms with Crippen LogP contribution in [-0.4, -0.2) is 21.9 Å². The molecule has 0 heterocycles. The second-order valence-electron chi connectivity index (χ2n) is 5.09. The van der Waals surface area contributed by atoms with Gasteiger partial charge in [-0.1, -0.05) is 23.7 Å². The summed E-state index contributed by atoms with van der Waals surface area (Å²) >= 11 is 5.84. The van der Waals surface area contributed by atoms with Crippen molar-refractivity contribution in [1.29, 1.82) is 0 Å². The molecule has 0 unspecified atom stereocenters. The van der Waals surface area contributed by atoms with Crippen molar-refractivity contribution in [2.45, 2.75) is 6.92 Å². The van der Waals surface area contributed by atoms with Crippen molar-refractivity contribution in [2.24, 2.45) is 0 Å². The molecule has 0 aliphatic carbocycles. The average Bonchev–Trinajstić information content (AvgIpc) is 2.54. The fourth-order valence-electron chi connectivity index (χ4n) is 2.10. The summed E-state index contributed by atoms with van der Waals surface area (Å²) in [6.07, 6.45) is 1.36. The predicted molar refractivity (Wildman–Crippen MR) is 93.8 cm³/mol. The van der Waals surface area contributed by atoms with Gasteiger partial charge in [0.25, 0.3) is 11.6 Å². The summed E-state index contributed by atoms with van der Waals surface area (Å²) in [6.45, 7) is 1.47. The van der Waals surface area contributed by atoms with Gasteiger partial charge < -0.3 is 10.4 Å². The molecular weight excluding hydrogens is 348 g/mol. The summed E-state index contributed by atoms with van der Waals surface area (Å²) in [7, 11) is 0. The molecule has 0 atom stereocenters. The van der Waals surface area contributed by atoms with E-state index in [4.69, 9.17) is 16.7 Å². The first-order valence-electron chi connectivity index (χ1n) is 7.05. The Kier molecular flexibility index (Phi) is 5.51. The number of carbonyl (C=O) groups excluding carboxylic acids is 1. The fraction of sp³-hybridized carbons (Fsp3) is 0.0588. The molecule has 8 heteroatoms. The topological polar surface area (TPSA) is 110 Å². The molecule has 0 fully saturated rings. The Balaban J connectivity index is 2.32. The number of aromatic carboxylic acids is 1. The lowest BCUT2D eigenvalue weighted by atomic mass is 10.1. The number of carboxylic acid groups (broad SMARTS) is 1. The highest BCUT2D eigenvalue weighted by Crippen LogP contribution is 2.23. The SMILES string of the molecule is C/C(=C\c1ccccc1[N+](=O)[O-])C(=O)Nc1cc(Cl)ccc1C(=O)O. The number of hydrogen-bond donors (Lipinski definition) is 2.